The van der Waals surface area contributed by atoms with Crippen LogP contribution < -0.4 is 16.6 Å². The molecule has 0 radical (unpaired) electrons. The quantitative estimate of drug-likeness (QED) is 0.226. The molecule has 0 bridgehead atoms. The number of hydrazine groups is 1. The van der Waals surface area contributed by atoms with Crippen LogP contribution in [0.2, 0.25) is 0 Å². The number of hydrogen-bond acceptors (Lipinski definition) is 4. The number of methoxy groups -OCH3 is 1. The van der Waals surface area contributed by atoms with Gasteiger partial charge in [-0.2, -0.15) is 0 Å². The molecule has 0 amide bonds. The van der Waals surface area contributed by atoms with Crippen molar-refractivity contribution >= 4 is 5.96 Å². The lowest BCUT2D eigenvalue weighted by atomic mass is 10.2. The zero-order valence-corrected chi connectivity index (χ0v) is 10.9. The number of aliphatic imine (C=N–C) groups is 1. The summed E-state index contributed by atoms with van der Waals surface area (Å²) in [6.45, 7) is 3.36. The van der Waals surface area contributed by atoms with E-state index in [1.54, 1.807) is 13.3 Å². The van der Waals surface area contributed by atoms with Crippen molar-refractivity contribution in [1.29, 1.82) is 0 Å². The molecule has 0 spiro atoms. The Kier molecular flexibility index (Phi) is 6.75. The van der Waals surface area contributed by atoms with Crippen molar-refractivity contribution in [2.45, 2.75) is 19.4 Å². The van der Waals surface area contributed by atoms with Gasteiger partial charge < -0.3 is 10.1 Å². The summed E-state index contributed by atoms with van der Waals surface area (Å²) in [5.41, 5.74) is 3.49. The minimum atomic E-state index is 0.0448. The van der Waals surface area contributed by atoms with E-state index < -0.39 is 0 Å². The highest BCUT2D eigenvalue weighted by Gasteiger charge is 2.07. The fourth-order valence-corrected chi connectivity index (χ4v) is 1.44. The Morgan fingerprint density at radius 3 is 3.00 bits per heavy atom. The number of rotatable bonds is 6. The molecule has 1 heterocycles. The van der Waals surface area contributed by atoms with Crippen molar-refractivity contribution in [2.75, 3.05) is 20.3 Å². The summed E-state index contributed by atoms with van der Waals surface area (Å²) in [7, 11) is 1.67. The molecule has 1 rings (SSSR count). The second-order valence-corrected chi connectivity index (χ2v) is 3.84. The molecule has 18 heavy (non-hydrogen) atoms. The fourth-order valence-electron chi connectivity index (χ4n) is 1.44. The maximum absolute atomic E-state index is 5.42. The first-order chi connectivity index (χ1) is 8.77. The Morgan fingerprint density at radius 2 is 2.39 bits per heavy atom. The van der Waals surface area contributed by atoms with Gasteiger partial charge >= 0.3 is 0 Å². The highest BCUT2D eigenvalue weighted by atomic mass is 16.5. The second-order valence-electron chi connectivity index (χ2n) is 3.84. The highest BCUT2D eigenvalue weighted by molar-refractivity contribution is 5.79. The van der Waals surface area contributed by atoms with E-state index in [1.807, 2.05) is 25.1 Å². The third-order valence-corrected chi connectivity index (χ3v) is 2.40. The summed E-state index contributed by atoms with van der Waals surface area (Å²) < 4.78 is 4.96. The maximum atomic E-state index is 5.42. The van der Waals surface area contributed by atoms with Crippen molar-refractivity contribution in [2.24, 2.45) is 10.8 Å². The molecule has 0 aromatic carbocycles. The molecule has 1 atom stereocenters. The highest BCUT2D eigenvalue weighted by Crippen LogP contribution is 2.07. The van der Waals surface area contributed by atoms with Crippen molar-refractivity contribution in [1.82, 2.24) is 15.7 Å². The Hall–Kier alpha value is -1.66. The van der Waals surface area contributed by atoms with Gasteiger partial charge in [-0.25, -0.2) is 5.84 Å². The van der Waals surface area contributed by atoms with Gasteiger partial charge in [0.2, 0.25) is 5.96 Å². The number of nitrogens with zero attached hydrogens (tertiary/aromatic N) is 2. The van der Waals surface area contributed by atoms with Crippen LogP contribution in [0, 0.1) is 0 Å². The molecule has 0 saturated carbocycles. The van der Waals surface area contributed by atoms with Crippen LogP contribution in [-0.4, -0.2) is 31.2 Å². The maximum Gasteiger partial charge on any atom is 0.206 e. The average Bonchev–Trinajstić information content (AvgIpc) is 2.43. The minimum absolute atomic E-state index is 0.0448. The van der Waals surface area contributed by atoms with Gasteiger partial charge in [0, 0.05) is 26.5 Å². The zero-order chi connectivity index (χ0) is 13.2. The van der Waals surface area contributed by atoms with Crippen molar-refractivity contribution < 1.29 is 4.74 Å². The summed E-state index contributed by atoms with van der Waals surface area (Å²) in [4.78, 5) is 8.58. The van der Waals surface area contributed by atoms with Gasteiger partial charge in [0.1, 0.15) is 0 Å². The van der Waals surface area contributed by atoms with Crippen LogP contribution in [-0.2, 0) is 4.74 Å². The topological polar surface area (TPSA) is 84.6 Å². The molecule has 0 saturated heterocycles. The van der Waals surface area contributed by atoms with Crippen LogP contribution in [0.15, 0.2) is 29.4 Å². The summed E-state index contributed by atoms with van der Waals surface area (Å²) in [6, 6.07) is 5.84. The molecule has 0 aliphatic heterocycles. The molecule has 0 fully saturated rings. The van der Waals surface area contributed by atoms with E-state index in [2.05, 4.69) is 20.7 Å². The van der Waals surface area contributed by atoms with Crippen molar-refractivity contribution in [3.63, 3.8) is 0 Å². The summed E-state index contributed by atoms with van der Waals surface area (Å²) >= 11 is 0. The van der Waals surface area contributed by atoms with E-state index in [1.165, 1.54) is 0 Å². The third kappa shape index (κ3) is 5.11. The summed E-state index contributed by atoms with van der Waals surface area (Å²) in [5.74, 6) is 5.98. The monoisotopic (exact) mass is 251 g/mol. The van der Waals surface area contributed by atoms with Crippen LogP contribution in [0.25, 0.3) is 0 Å². The van der Waals surface area contributed by atoms with Crippen LogP contribution in [0.1, 0.15) is 25.1 Å². The molecule has 1 unspecified atom stereocenters. The van der Waals surface area contributed by atoms with Crippen LogP contribution in [0.3, 0.4) is 0 Å². The van der Waals surface area contributed by atoms with E-state index in [0.717, 1.165) is 12.1 Å². The lowest BCUT2D eigenvalue weighted by Crippen LogP contribution is -2.43. The minimum Gasteiger partial charge on any atom is -0.385 e. The predicted molar refractivity (Wildman–Crippen MR) is 71.9 cm³/mol. The van der Waals surface area contributed by atoms with Gasteiger partial charge in [-0.1, -0.05) is 6.07 Å². The first-order valence-electron chi connectivity index (χ1n) is 5.95. The summed E-state index contributed by atoms with van der Waals surface area (Å²) in [5, 5.41) is 3.17. The van der Waals surface area contributed by atoms with E-state index in [4.69, 9.17) is 10.6 Å². The van der Waals surface area contributed by atoms with E-state index in [9.17, 15) is 0 Å². The van der Waals surface area contributed by atoms with Crippen molar-refractivity contribution in [3.8, 4) is 0 Å². The number of hydrogen-bond donors (Lipinski definition) is 3. The van der Waals surface area contributed by atoms with Gasteiger partial charge in [0.15, 0.2) is 0 Å². The van der Waals surface area contributed by atoms with Gasteiger partial charge in [-0.05, 0) is 25.5 Å². The van der Waals surface area contributed by atoms with Gasteiger partial charge in [-0.3, -0.25) is 15.4 Å². The Labute approximate surface area is 108 Å². The predicted octanol–water partition coefficient (Wildman–Crippen LogP) is 0.588. The molecule has 1 aromatic heterocycles. The number of pyridine rings is 1. The lowest BCUT2D eigenvalue weighted by Gasteiger charge is -2.15. The summed E-state index contributed by atoms with van der Waals surface area (Å²) in [6.07, 6.45) is 2.63. The van der Waals surface area contributed by atoms with Gasteiger partial charge in [-0.15, -0.1) is 0 Å². The number of nitrogens with two attached hydrogens (primary N) is 1. The van der Waals surface area contributed by atoms with E-state index in [-0.39, 0.29) is 6.04 Å². The first-order valence-corrected chi connectivity index (χ1v) is 5.95. The largest absolute Gasteiger partial charge is 0.385 e. The fraction of sp³-hybridized carbons (Fsp3) is 0.500. The van der Waals surface area contributed by atoms with E-state index >= 15 is 0 Å². The van der Waals surface area contributed by atoms with Crippen molar-refractivity contribution in [3.05, 3.63) is 30.1 Å². The molecule has 4 N–H and O–H groups in total. The van der Waals surface area contributed by atoms with Crippen LogP contribution in [0.5, 0.6) is 0 Å². The SMILES string of the molecule is COCCCN=C(NN)NC(C)c1ccccn1. The molecule has 100 valence electrons. The molecular weight excluding hydrogens is 230 g/mol. The Morgan fingerprint density at radius 1 is 1.56 bits per heavy atom. The number of aromatic nitrogens is 1. The standard InChI is InChI=1S/C12H21N5O/c1-10(11-6-3-4-7-14-11)16-12(17-13)15-8-5-9-18-2/h3-4,6-7,10H,5,8-9,13H2,1-2H3,(H2,15,16,17). The van der Waals surface area contributed by atoms with Gasteiger partial charge in [0.05, 0.1) is 11.7 Å². The van der Waals surface area contributed by atoms with Gasteiger partial charge in [0.25, 0.3) is 0 Å². The van der Waals surface area contributed by atoms with Crippen LogP contribution in [0.4, 0.5) is 0 Å². The van der Waals surface area contributed by atoms with E-state index in [0.29, 0.717) is 19.1 Å². The lowest BCUT2D eigenvalue weighted by molar-refractivity contribution is 0.197. The molecule has 6 heteroatoms. The Balaban J connectivity index is 2.47. The number of guanidine groups is 1. The second kappa shape index (κ2) is 8.43. The molecule has 0 aliphatic rings. The molecule has 1 aromatic rings. The number of nitrogens with one attached hydrogen (secondary N) is 2. The Bertz CT molecular complexity index is 355. The first kappa shape index (κ1) is 14.4. The average molecular weight is 251 g/mol. The normalized spacial score (nSPS) is 13.2. The van der Waals surface area contributed by atoms with Crippen LogP contribution >= 0.6 is 0 Å². The molecule has 6 nitrogen and oxygen atoms in total. The molecule has 0 aliphatic carbocycles. The third-order valence-electron chi connectivity index (χ3n) is 2.40. The number of ether oxygens (including phenoxy) is 1. The zero-order valence-electron chi connectivity index (χ0n) is 10.9. The smallest absolute Gasteiger partial charge is 0.206 e. The molecular formula is C12H21N5O.